The molecule has 2 atom stereocenters. The summed E-state index contributed by atoms with van der Waals surface area (Å²) in [5, 5.41) is 22.3. The minimum Gasteiger partial charge on any atom is -0.330 e. The second-order valence-electron chi connectivity index (χ2n) is 8.35. The van der Waals surface area contributed by atoms with Crippen LogP contribution < -0.4 is 26.2 Å². The molecule has 2 saturated carbocycles. The number of hydrogen-bond acceptors (Lipinski definition) is 6. The van der Waals surface area contributed by atoms with Crippen LogP contribution in [0, 0.1) is 17.2 Å². The lowest BCUT2D eigenvalue weighted by atomic mass is 10.1. The van der Waals surface area contributed by atoms with Gasteiger partial charge in [-0.25, -0.2) is 5.10 Å². The van der Waals surface area contributed by atoms with E-state index in [2.05, 4.69) is 32.1 Å². The highest BCUT2D eigenvalue weighted by atomic mass is 16.1. The summed E-state index contributed by atoms with van der Waals surface area (Å²) >= 11 is 0. The highest BCUT2D eigenvalue weighted by Gasteiger charge is 2.38. The number of carbonyl (C=O) groups is 1. The van der Waals surface area contributed by atoms with Gasteiger partial charge in [-0.05, 0) is 55.3 Å². The predicted molar refractivity (Wildman–Crippen MR) is 117 cm³/mol. The lowest BCUT2D eigenvalue weighted by molar-refractivity contribution is -0.564. The van der Waals surface area contributed by atoms with Crippen molar-refractivity contribution in [2.45, 2.75) is 38.1 Å². The molecule has 9 heteroatoms. The van der Waals surface area contributed by atoms with Gasteiger partial charge in [0.1, 0.15) is 11.6 Å². The monoisotopic (exact) mass is 417 g/mol. The highest BCUT2D eigenvalue weighted by molar-refractivity contribution is 5.90. The van der Waals surface area contributed by atoms with Gasteiger partial charge in [-0.1, -0.05) is 11.1 Å². The summed E-state index contributed by atoms with van der Waals surface area (Å²) in [4.78, 5) is 16.4. The summed E-state index contributed by atoms with van der Waals surface area (Å²) in [6, 6.07) is 10.5. The lowest BCUT2D eigenvalue weighted by Gasteiger charge is -2.13. The number of carbonyl (C=O) groups excluding carboxylic acids is 1. The van der Waals surface area contributed by atoms with Gasteiger partial charge in [0.15, 0.2) is 0 Å². The number of fused-ring (bicyclic) bond motifs is 1. The number of H-pyrrole nitrogens is 1. The number of benzene rings is 1. The summed E-state index contributed by atoms with van der Waals surface area (Å²) in [5.41, 5.74) is 9.56. The molecular formula is C22H25N8O+. The second-order valence-corrected chi connectivity index (χ2v) is 8.35. The molecule has 1 amide bonds. The maximum absolute atomic E-state index is 11.8. The van der Waals surface area contributed by atoms with E-state index in [9.17, 15) is 10.1 Å². The first-order valence-electron chi connectivity index (χ1n) is 10.5. The Bertz CT molecular complexity index is 1210. The number of rotatable bonds is 7. The largest absolute Gasteiger partial charge is 0.330 e. The van der Waals surface area contributed by atoms with Crippen molar-refractivity contribution >= 4 is 34.6 Å². The van der Waals surface area contributed by atoms with Crippen LogP contribution in [0.1, 0.15) is 43.2 Å². The molecule has 6 N–H and O–H groups in total. The van der Waals surface area contributed by atoms with Crippen LogP contribution in [0.4, 0.5) is 23.0 Å². The van der Waals surface area contributed by atoms with Gasteiger partial charge in [-0.3, -0.25) is 4.79 Å². The van der Waals surface area contributed by atoms with Crippen molar-refractivity contribution in [1.82, 2.24) is 10.1 Å². The number of nitrogens with two attached hydrogens (primary N) is 1. The molecule has 2 aromatic heterocycles. The van der Waals surface area contributed by atoms with E-state index in [4.69, 9.17) is 5.73 Å². The van der Waals surface area contributed by atoms with E-state index in [1.807, 2.05) is 24.3 Å². The Morgan fingerprint density at radius 2 is 2.23 bits per heavy atom. The van der Waals surface area contributed by atoms with E-state index in [-0.39, 0.29) is 5.91 Å². The molecule has 3 aromatic rings. The van der Waals surface area contributed by atoms with Crippen LogP contribution in [0.2, 0.25) is 0 Å². The van der Waals surface area contributed by atoms with Gasteiger partial charge in [0.2, 0.25) is 17.5 Å². The molecule has 0 radical (unpaired) electrons. The number of nitrogens with zero attached hydrogens (tertiary/aromatic N) is 3. The summed E-state index contributed by atoms with van der Waals surface area (Å²) in [5.74, 6) is 2.22. The van der Waals surface area contributed by atoms with Crippen molar-refractivity contribution < 1.29 is 9.31 Å². The van der Waals surface area contributed by atoms with E-state index < -0.39 is 0 Å². The zero-order valence-corrected chi connectivity index (χ0v) is 17.3. The summed E-state index contributed by atoms with van der Waals surface area (Å²) < 4.78 is 1.79. The standard InChI is InChI=1S/C22H24N8O/c1-12(31)26-19-7-16(4-5-17(19)18-6-13(18)9-23)27-20-8-21(28-15-2-3-15)30-22(29-20)14(10-24)11-25-30/h4-5,7-8,11,13,15,18H,2-3,6,9,23H2,1H3,(H3,25,26,27,28,29,31)/p+1/t13-,18+/m0/s1. The number of aromatic nitrogens is 3. The number of hydrogen-bond donors (Lipinski definition) is 5. The Morgan fingerprint density at radius 3 is 2.90 bits per heavy atom. The first-order valence-corrected chi connectivity index (χ1v) is 10.5. The van der Waals surface area contributed by atoms with Crippen molar-refractivity contribution in [2.75, 3.05) is 22.5 Å². The van der Waals surface area contributed by atoms with Crippen LogP contribution in [-0.4, -0.2) is 28.6 Å². The minimum atomic E-state index is -0.110. The van der Waals surface area contributed by atoms with Crippen LogP contribution in [0.15, 0.2) is 30.5 Å². The van der Waals surface area contributed by atoms with Gasteiger partial charge in [0.25, 0.3) is 0 Å². The fourth-order valence-corrected chi connectivity index (χ4v) is 3.99. The van der Waals surface area contributed by atoms with Gasteiger partial charge in [0, 0.05) is 18.3 Å². The van der Waals surface area contributed by atoms with Crippen molar-refractivity contribution in [1.29, 1.82) is 5.26 Å². The maximum atomic E-state index is 11.8. The number of aromatic amines is 1. The van der Waals surface area contributed by atoms with Crippen LogP contribution in [0.25, 0.3) is 5.65 Å². The van der Waals surface area contributed by atoms with E-state index in [1.54, 1.807) is 10.7 Å². The van der Waals surface area contributed by atoms with Crippen molar-refractivity contribution in [2.24, 2.45) is 11.7 Å². The number of nitrogens with one attached hydrogen (secondary N) is 4. The molecule has 0 saturated heterocycles. The molecule has 2 aliphatic carbocycles. The molecule has 2 fully saturated rings. The first kappa shape index (κ1) is 19.3. The first-order chi connectivity index (χ1) is 15.1. The number of anilines is 4. The zero-order chi connectivity index (χ0) is 21.5. The van der Waals surface area contributed by atoms with Crippen LogP contribution >= 0.6 is 0 Å². The Hall–Kier alpha value is -3.64. The SMILES string of the molecule is CC(=O)Nc1cc(Nc2cc(NC3CC3)[n+]3[nH]cc(C#N)c3n2)ccc1[C@@H]1C[C@H]1CN. The number of amides is 1. The average Bonchev–Trinajstić information content (AvgIpc) is 3.66. The molecule has 0 unspecified atom stereocenters. The van der Waals surface area contributed by atoms with E-state index in [0.29, 0.717) is 41.5 Å². The molecular weight excluding hydrogens is 392 g/mol. The predicted octanol–water partition coefficient (Wildman–Crippen LogP) is 2.36. The van der Waals surface area contributed by atoms with Gasteiger partial charge in [-0.15, -0.1) is 4.52 Å². The van der Waals surface area contributed by atoms with E-state index >= 15 is 0 Å². The molecule has 0 spiro atoms. The molecule has 31 heavy (non-hydrogen) atoms. The Labute approximate surface area is 179 Å². The smallest absolute Gasteiger partial charge is 0.306 e. The van der Waals surface area contributed by atoms with Crippen LogP contribution in [0.3, 0.4) is 0 Å². The maximum Gasteiger partial charge on any atom is 0.306 e. The Morgan fingerprint density at radius 1 is 1.39 bits per heavy atom. The van der Waals surface area contributed by atoms with Gasteiger partial charge >= 0.3 is 5.65 Å². The number of nitriles is 1. The van der Waals surface area contributed by atoms with Crippen LogP contribution in [-0.2, 0) is 4.79 Å². The van der Waals surface area contributed by atoms with Crippen LogP contribution in [0.5, 0.6) is 0 Å². The van der Waals surface area contributed by atoms with Gasteiger partial charge < -0.3 is 21.7 Å². The second kappa shape index (κ2) is 7.56. The molecule has 0 aliphatic heterocycles. The lowest BCUT2D eigenvalue weighted by Crippen LogP contribution is -2.30. The highest BCUT2D eigenvalue weighted by Crippen LogP contribution is 2.49. The fourth-order valence-electron chi connectivity index (χ4n) is 3.99. The Balaban J connectivity index is 1.48. The summed E-state index contributed by atoms with van der Waals surface area (Å²) in [6.45, 7) is 2.16. The third-order valence-corrected chi connectivity index (χ3v) is 5.84. The summed E-state index contributed by atoms with van der Waals surface area (Å²) in [6.07, 6.45) is 4.96. The molecule has 1 aromatic carbocycles. The quantitative estimate of drug-likeness (QED) is 0.375. The third kappa shape index (κ3) is 3.90. The molecule has 0 bridgehead atoms. The Kier molecular flexibility index (Phi) is 4.71. The van der Waals surface area contributed by atoms with Crippen molar-refractivity contribution in [3.05, 3.63) is 41.6 Å². The normalized spacial score (nSPS) is 19.6. The molecule has 2 aliphatic rings. The van der Waals surface area contributed by atoms with Gasteiger partial charge in [-0.2, -0.15) is 5.26 Å². The minimum absolute atomic E-state index is 0.110. The third-order valence-electron chi connectivity index (χ3n) is 5.84. The van der Waals surface area contributed by atoms with E-state index in [0.717, 1.165) is 42.0 Å². The van der Waals surface area contributed by atoms with Crippen molar-refractivity contribution in [3.8, 4) is 6.07 Å². The zero-order valence-electron chi connectivity index (χ0n) is 17.3. The summed E-state index contributed by atoms with van der Waals surface area (Å²) in [7, 11) is 0. The average molecular weight is 417 g/mol. The molecule has 2 heterocycles. The molecule has 9 nitrogen and oxygen atoms in total. The van der Waals surface area contributed by atoms with E-state index in [1.165, 1.54) is 6.92 Å². The molecule has 158 valence electrons. The van der Waals surface area contributed by atoms with Crippen molar-refractivity contribution in [3.63, 3.8) is 0 Å². The molecule has 5 rings (SSSR count). The topological polar surface area (TPSA) is 136 Å². The van der Waals surface area contributed by atoms with Gasteiger partial charge in [0.05, 0.1) is 18.3 Å². The fraction of sp³-hybridized carbons (Fsp3) is 0.364.